The maximum absolute atomic E-state index is 6.63. The summed E-state index contributed by atoms with van der Waals surface area (Å²) in [5.74, 6) is 0. The molecule has 1 aliphatic heterocycles. The van der Waals surface area contributed by atoms with Gasteiger partial charge in [-0.1, -0.05) is 71.7 Å². The molecule has 0 unspecified atom stereocenters. The summed E-state index contributed by atoms with van der Waals surface area (Å²) in [5, 5.41) is 6.05. The summed E-state index contributed by atoms with van der Waals surface area (Å²) in [7, 11) is 0. The third-order valence-corrected chi connectivity index (χ3v) is 6.99. The van der Waals surface area contributed by atoms with E-state index in [0.29, 0.717) is 30.1 Å². The first-order chi connectivity index (χ1) is 16.1. The number of aromatic nitrogens is 2. The van der Waals surface area contributed by atoms with Crippen LogP contribution in [0, 0.1) is 0 Å². The van der Waals surface area contributed by atoms with Gasteiger partial charge in [0.25, 0.3) is 0 Å². The third kappa shape index (κ3) is 3.86. The van der Waals surface area contributed by atoms with Crippen molar-refractivity contribution in [1.82, 2.24) is 19.8 Å². The Morgan fingerprint density at radius 1 is 0.667 bits per heavy atom. The van der Waals surface area contributed by atoms with Gasteiger partial charge in [-0.2, -0.15) is 0 Å². The van der Waals surface area contributed by atoms with Gasteiger partial charge in [0.1, 0.15) is 10.3 Å². The Hall–Kier alpha value is -3.34. The second-order valence-electron chi connectivity index (χ2n) is 8.35. The van der Waals surface area contributed by atoms with Gasteiger partial charge in [-0.05, 0) is 57.4 Å². The monoisotopic (exact) mass is 470 g/mol. The number of nitrogens with zero attached hydrogens (tertiary/aromatic N) is 4. The lowest BCUT2D eigenvalue weighted by molar-refractivity contribution is 0.246. The van der Waals surface area contributed by atoms with E-state index in [9.17, 15) is 0 Å². The van der Waals surface area contributed by atoms with Gasteiger partial charge in [0.2, 0.25) is 0 Å². The predicted octanol–water partition coefficient (Wildman–Crippen LogP) is 6.82. The molecule has 1 aliphatic rings. The van der Waals surface area contributed by atoms with E-state index in [-0.39, 0.29) is 0 Å². The standard InChI is InChI=1S/C27H20Cl2N4/c28-26-27(29)33(16-23-14-30-24-7-3-4-8-25(24)31-23)17-32(26)15-18-9-10-21-12-19-5-1-2-6-20(19)13-22(21)11-18/h1-14H,15-17H2. The minimum atomic E-state index is 0.540. The van der Waals surface area contributed by atoms with E-state index in [1.54, 1.807) is 6.20 Å². The van der Waals surface area contributed by atoms with Crippen LogP contribution in [0.4, 0.5) is 0 Å². The van der Waals surface area contributed by atoms with Crippen molar-refractivity contribution in [2.45, 2.75) is 13.1 Å². The van der Waals surface area contributed by atoms with Crippen LogP contribution in [0.25, 0.3) is 32.6 Å². The zero-order chi connectivity index (χ0) is 22.4. The van der Waals surface area contributed by atoms with E-state index in [1.165, 1.54) is 27.1 Å². The SMILES string of the molecule is ClC1=C(Cl)N(Cc2cnc3ccccc3n2)CN1Cc1ccc2cc3ccccc3cc2c1. The summed E-state index contributed by atoms with van der Waals surface area (Å²) in [6.45, 7) is 1.83. The fraction of sp³-hybridized carbons (Fsp3) is 0.111. The summed E-state index contributed by atoms with van der Waals surface area (Å²) in [6.07, 6.45) is 1.80. The van der Waals surface area contributed by atoms with Crippen molar-refractivity contribution < 1.29 is 0 Å². The van der Waals surface area contributed by atoms with Gasteiger partial charge in [0.15, 0.2) is 0 Å². The normalized spacial score (nSPS) is 14.2. The number of halogens is 2. The van der Waals surface area contributed by atoms with Crippen LogP contribution >= 0.6 is 23.2 Å². The molecule has 6 heteroatoms. The molecule has 0 bridgehead atoms. The van der Waals surface area contributed by atoms with Crippen LogP contribution in [0.3, 0.4) is 0 Å². The Labute approximate surface area is 201 Å². The molecule has 5 aromatic rings. The summed E-state index contributed by atoms with van der Waals surface area (Å²) >= 11 is 13.2. The van der Waals surface area contributed by atoms with E-state index in [2.05, 4.69) is 64.5 Å². The quantitative estimate of drug-likeness (QED) is 0.213. The second kappa shape index (κ2) is 8.22. The largest absolute Gasteiger partial charge is 0.338 e. The van der Waals surface area contributed by atoms with Gasteiger partial charge in [-0.15, -0.1) is 0 Å². The van der Waals surface area contributed by atoms with Crippen molar-refractivity contribution >= 4 is 55.8 Å². The van der Waals surface area contributed by atoms with Gasteiger partial charge < -0.3 is 9.80 Å². The molecule has 2 heterocycles. The first-order valence-corrected chi connectivity index (χ1v) is 11.6. The molecule has 0 N–H and O–H groups in total. The van der Waals surface area contributed by atoms with Crippen LogP contribution in [0.2, 0.25) is 0 Å². The number of benzene rings is 4. The van der Waals surface area contributed by atoms with E-state index in [0.717, 1.165) is 16.7 Å². The molecule has 1 aromatic heterocycles. The maximum atomic E-state index is 6.63. The lowest BCUT2D eigenvalue weighted by Crippen LogP contribution is -2.26. The molecular weight excluding hydrogens is 451 g/mol. The summed E-state index contributed by atoms with van der Waals surface area (Å²) in [4.78, 5) is 13.3. The van der Waals surface area contributed by atoms with E-state index >= 15 is 0 Å². The van der Waals surface area contributed by atoms with E-state index < -0.39 is 0 Å². The zero-order valence-electron chi connectivity index (χ0n) is 17.7. The molecule has 0 saturated heterocycles. The first kappa shape index (κ1) is 20.3. The molecule has 0 aliphatic carbocycles. The average molecular weight is 471 g/mol. The second-order valence-corrected chi connectivity index (χ2v) is 9.07. The highest BCUT2D eigenvalue weighted by Crippen LogP contribution is 2.33. The molecule has 6 rings (SSSR count). The molecule has 162 valence electrons. The van der Waals surface area contributed by atoms with Crippen molar-refractivity contribution in [2.24, 2.45) is 0 Å². The van der Waals surface area contributed by atoms with Crippen LogP contribution in [-0.4, -0.2) is 26.4 Å². The summed E-state index contributed by atoms with van der Waals surface area (Å²) in [6, 6.07) is 27.3. The molecule has 0 spiro atoms. The number of fused-ring (bicyclic) bond motifs is 3. The molecule has 4 aromatic carbocycles. The lowest BCUT2D eigenvalue weighted by atomic mass is 10.0. The highest BCUT2D eigenvalue weighted by molar-refractivity contribution is 6.38. The third-order valence-electron chi connectivity index (χ3n) is 6.06. The Morgan fingerprint density at radius 3 is 2.09 bits per heavy atom. The summed E-state index contributed by atoms with van der Waals surface area (Å²) in [5.41, 5.74) is 3.80. The van der Waals surface area contributed by atoms with Gasteiger partial charge in [-0.25, -0.2) is 4.98 Å². The molecule has 0 atom stereocenters. The number of hydrogen-bond acceptors (Lipinski definition) is 4. The van der Waals surface area contributed by atoms with Gasteiger partial charge in [-0.3, -0.25) is 4.98 Å². The molecule has 4 nitrogen and oxygen atoms in total. The first-order valence-electron chi connectivity index (χ1n) is 10.8. The molecular formula is C27H20Cl2N4. The molecule has 0 fully saturated rings. The molecule has 33 heavy (non-hydrogen) atoms. The Morgan fingerprint density at radius 2 is 1.30 bits per heavy atom. The van der Waals surface area contributed by atoms with Gasteiger partial charge in [0.05, 0.1) is 36.1 Å². The van der Waals surface area contributed by atoms with Crippen LogP contribution in [0.1, 0.15) is 11.3 Å². The Balaban J connectivity index is 1.22. The number of rotatable bonds is 4. The highest BCUT2D eigenvalue weighted by atomic mass is 35.5. The van der Waals surface area contributed by atoms with Crippen molar-refractivity contribution in [3.63, 3.8) is 0 Å². The minimum Gasteiger partial charge on any atom is -0.338 e. The van der Waals surface area contributed by atoms with Crippen LogP contribution < -0.4 is 0 Å². The smallest absolute Gasteiger partial charge is 0.142 e. The average Bonchev–Trinajstić information content (AvgIpc) is 3.10. The van der Waals surface area contributed by atoms with Crippen molar-refractivity contribution in [1.29, 1.82) is 0 Å². The van der Waals surface area contributed by atoms with Gasteiger partial charge >= 0.3 is 0 Å². The number of para-hydroxylation sites is 2. The fourth-order valence-electron chi connectivity index (χ4n) is 4.41. The lowest BCUT2D eigenvalue weighted by Gasteiger charge is -2.22. The topological polar surface area (TPSA) is 32.3 Å². The van der Waals surface area contributed by atoms with Crippen LogP contribution in [0.15, 0.2) is 95.4 Å². The summed E-state index contributed by atoms with van der Waals surface area (Å²) < 4.78 is 0. The Bertz CT molecular complexity index is 1550. The molecule has 0 amide bonds. The van der Waals surface area contributed by atoms with E-state index in [4.69, 9.17) is 28.2 Å². The Kier molecular flexibility index (Phi) is 5.05. The van der Waals surface area contributed by atoms with Crippen molar-refractivity contribution in [3.8, 4) is 0 Å². The zero-order valence-corrected chi connectivity index (χ0v) is 19.3. The molecule has 0 saturated carbocycles. The molecule has 0 radical (unpaired) electrons. The van der Waals surface area contributed by atoms with Gasteiger partial charge in [0, 0.05) is 6.54 Å². The maximum Gasteiger partial charge on any atom is 0.142 e. The van der Waals surface area contributed by atoms with Crippen molar-refractivity contribution in [3.05, 3.63) is 107 Å². The van der Waals surface area contributed by atoms with Crippen molar-refractivity contribution in [2.75, 3.05) is 6.67 Å². The minimum absolute atomic E-state index is 0.540. The van der Waals surface area contributed by atoms with E-state index in [1.807, 2.05) is 29.2 Å². The number of hydrogen-bond donors (Lipinski definition) is 0. The fourth-order valence-corrected chi connectivity index (χ4v) is 4.87. The highest BCUT2D eigenvalue weighted by Gasteiger charge is 2.27. The van der Waals surface area contributed by atoms with Crippen LogP contribution in [0.5, 0.6) is 0 Å². The predicted molar refractivity (Wildman–Crippen MR) is 136 cm³/mol. The van der Waals surface area contributed by atoms with Crippen LogP contribution in [-0.2, 0) is 13.1 Å².